The van der Waals surface area contributed by atoms with E-state index < -0.39 is 0 Å². The highest BCUT2D eigenvalue weighted by Crippen LogP contribution is 2.15. The van der Waals surface area contributed by atoms with E-state index in [1.807, 2.05) is 49.5 Å². The fourth-order valence-electron chi connectivity index (χ4n) is 2.32. The van der Waals surface area contributed by atoms with Crippen LogP contribution in [-0.2, 0) is 13.0 Å². The Balaban J connectivity index is 0.00000312. The monoisotopic (exact) mass is 454 g/mol. The summed E-state index contributed by atoms with van der Waals surface area (Å²) < 4.78 is 0. The van der Waals surface area contributed by atoms with Gasteiger partial charge in [0.25, 0.3) is 0 Å². The largest absolute Gasteiger partial charge is 0.362 e. The number of pyridine rings is 2. The van der Waals surface area contributed by atoms with Crippen molar-refractivity contribution in [3.8, 4) is 0 Å². The molecule has 0 atom stereocenters. The van der Waals surface area contributed by atoms with Crippen LogP contribution in [0.25, 0.3) is 0 Å². The van der Waals surface area contributed by atoms with Crippen molar-refractivity contribution < 1.29 is 0 Å². The van der Waals surface area contributed by atoms with Gasteiger partial charge in [-0.2, -0.15) is 0 Å². The van der Waals surface area contributed by atoms with E-state index in [0.29, 0.717) is 6.54 Å². The van der Waals surface area contributed by atoms with Crippen molar-refractivity contribution in [1.29, 1.82) is 0 Å². The van der Waals surface area contributed by atoms with E-state index in [1.165, 1.54) is 0 Å². The molecule has 6 nitrogen and oxygen atoms in total. The van der Waals surface area contributed by atoms with Gasteiger partial charge in [-0.1, -0.05) is 12.1 Å². The van der Waals surface area contributed by atoms with E-state index >= 15 is 0 Å². The SMILES string of the molecule is CCNC(=NCc1cccnc1N(C)C)NCCc1ccccn1.I. The molecule has 2 heterocycles. The van der Waals surface area contributed by atoms with Crippen LogP contribution in [0.15, 0.2) is 47.7 Å². The molecule has 2 N–H and O–H groups in total. The molecular formula is C18H27IN6. The third kappa shape index (κ3) is 7.25. The predicted molar refractivity (Wildman–Crippen MR) is 115 cm³/mol. The number of aliphatic imine (C=N–C) groups is 1. The Bertz CT molecular complexity index is 645. The van der Waals surface area contributed by atoms with Gasteiger partial charge in [-0.25, -0.2) is 9.98 Å². The lowest BCUT2D eigenvalue weighted by molar-refractivity contribution is 0.787. The van der Waals surface area contributed by atoms with Gasteiger partial charge in [0.15, 0.2) is 5.96 Å². The molecule has 0 radical (unpaired) electrons. The molecular weight excluding hydrogens is 427 g/mol. The van der Waals surface area contributed by atoms with Gasteiger partial charge in [0, 0.05) is 57.3 Å². The third-order valence-corrected chi connectivity index (χ3v) is 3.44. The van der Waals surface area contributed by atoms with E-state index in [2.05, 4.69) is 38.6 Å². The van der Waals surface area contributed by atoms with Crippen LogP contribution in [0.4, 0.5) is 5.82 Å². The summed E-state index contributed by atoms with van der Waals surface area (Å²) in [6.07, 6.45) is 4.49. The average Bonchev–Trinajstić information content (AvgIpc) is 2.60. The van der Waals surface area contributed by atoms with Gasteiger partial charge in [0.05, 0.1) is 6.54 Å². The lowest BCUT2D eigenvalue weighted by Gasteiger charge is -2.15. The molecule has 0 saturated carbocycles. The van der Waals surface area contributed by atoms with Crippen LogP contribution >= 0.6 is 24.0 Å². The van der Waals surface area contributed by atoms with Crippen molar-refractivity contribution in [2.24, 2.45) is 4.99 Å². The second kappa shape index (κ2) is 11.6. The lowest BCUT2D eigenvalue weighted by Crippen LogP contribution is -2.38. The molecule has 0 saturated heterocycles. The third-order valence-electron chi connectivity index (χ3n) is 3.44. The molecule has 0 unspecified atom stereocenters. The molecule has 0 aromatic carbocycles. The Morgan fingerprint density at radius 3 is 2.56 bits per heavy atom. The summed E-state index contributed by atoms with van der Waals surface area (Å²) >= 11 is 0. The second-order valence-corrected chi connectivity index (χ2v) is 5.57. The fourth-order valence-corrected chi connectivity index (χ4v) is 2.32. The van der Waals surface area contributed by atoms with Gasteiger partial charge >= 0.3 is 0 Å². The Hall–Kier alpha value is -1.90. The van der Waals surface area contributed by atoms with E-state index in [9.17, 15) is 0 Å². The smallest absolute Gasteiger partial charge is 0.191 e. The van der Waals surface area contributed by atoms with Gasteiger partial charge in [0.2, 0.25) is 0 Å². The summed E-state index contributed by atoms with van der Waals surface area (Å²) in [5.41, 5.74) is 2.17. The summed E-state index contributed by atoms with van der Waals surface area (Å²) in [6.45, 7) is 4.25. The average molecular weight is 454 g/mol. The number of hydrogen-bond donors (Lipinski definition) is 2. The van der Waals surface area contributed by atoms with Crippen molar-refractivity contribution in [2.45, 2.75) is 19.9 Å². The molecule has 2 aromatic heterocycles. The zero-order valence-corrected chi connectivity index (χ0v) is 17.4. The molecule has 0 aliphatic carbocycles. The summed E-state index contributed by atoms with van der Waals surface area (Å²) in [5.74, 6) is 1.76. The maximum Gasteiger partial charge on any atom is 0.191 e. The zero-order chi connectivity index (χ0) is 17.2. The van der Waals surface area contributed by atoms with E-state index in [-0.39, 0.29) is 24.0 Å². The first-order valence-corrected chi connectivity index (χ1v) is 8.24. The normalized spacial score (nSPS) is 10.8. The molecule has 0 fully saturated rings. The molecule has 0 bridgehead atoms. The van der Waals surface area contributed by atoms with Crippen LogP contribution in [0.2, 0.25) is 0 Å². The molecule has 136 valence electrons. The molecule has 7 heteroatoms. The molecule has 0 amide bonds. The summed E-state index contributed by atoms with van der Waals surface area (Å²) in [7, 11) is 3.98. The highest BCUT2D eigenvalue weighted by molar-refractivity contribution is 14.0. The number of rotatable bonds is 7. The number of aromatic nitrogens is 2. The van der Waals surface area contributed by atoms with Crippen molar-refractivity contribution in [2.75, 3.05) is 32.1 Å². The first kappa shape index (κ1) is 21.1. The van der Waals surface area contributed by atoms with Gasteiger partial charge in [-0.05, 0) is 25.1 Å². The van der Waals surface area contributed by atoms with E-state index in [0.717, 1.165) is 42.5 Å². The minimum Gasteiger partial charge on any atom is -0.362 e. The first-order chi connectivity index (χ1) is 11.7. The molecule has 25 heavy (non-hydrogen) atoms. The summed E-state index contributed by atoms with van der Waals surface area (Å²) in [6, 6.07) is 9.97. The molecule has 0 aliphatic rings. The molecule has 2 rings (SSSR count). The molecule has 0 aliphatic heterocycles. The van der Waals surface area contributed by atoms with Crippen LogP contribution in [-0.4, -0.2) is 43.1 Å². The number of hydrogen-bond acceptors (Lipinski definition) is 4. The van der Waals surface area contributed by atoms with Gasteiger partial charge in [0.1, 0.15) is 5.82 Å². The fraction of sp³-hybridized carbons (Fsp3) is 0.389. The maximum atomic E-state index is 4.67. The number of halogens is 1. The Morgan fingerprint density at radius 1 is 1.08 bits per heavy atom. The van der Waals surface area contributed by atoms with E-state index in [1.54, 1.807) is 6.20 Å². The van der Waals surface area contributed by atoms with Crippen LogP contribution < -0.4 is 15.5 Å². The number of nitrogens with zero attached hydrogens (tertiary/aromatic N) is 4. The van der Waals surface area contributed by atoms with Crippen LogP contribution in [0.1, 0.15) is 18.2 Å². The summed E-state index contributed by atoms with van der Waals surface area (Å²) in [4.78, 5) is 15.4. The van der Waals surface area contributed by atoms with Crippen molar-refractivity contribution in [3.63, 3.8) is 0 Å². The van der Waals surface area contributed by atoms with Crippen molar-refractivity contribution >= 4 is 35.8 Å². The number of anilines is 1. The molecule has 0 spiro atoms. The van der Waals surface area contributed by atoms with Crippen LogP contribution in [0.5, 0.6) is 0 Å². The minimum absolute atomic E-state index is 0. The number of guanidine groups is 1. The summed E-state index contributed by atoms with van der Waals surface area (Å²) in [5, 5.41) is 6.63. The van der Waals surface area contributed by atoms with Crippen LogP contribution in [0, 0.1) is 0 Å². The lowest BCUT2D eigenvalue weighted by atomic mass is 10.2. The highest BCUT2D eigenvalue weighted by atomic mass is 127. The minimum atomic E-state index is 0. The molecule has 2 aromatic rings. The maximum absolute atomic E-state index is 4.67. The Morgan fingerprint density at radius 2 is 1.88 bits per heavy atom. The van der Waals surface area contributed by atoms with Gasteiger partial charge in [-0.3, -0.25) is 4.98 Å². The number of nitrogens with one attached hydrogen (secondary N) is 2. The van der Waals surface area contributed by atoms with Gasteiger partial charge in [-0.15, -0.1) is 24.0 Å². The zero-order valence-electron chi connectivity index (χ0n) is 15.1. The predicted octanol–water partition coefficient (Wildman–Crippen LogP) is 2.46. The standard InChI is InChI=1S/C18H26N6.HI/c1-4-19-18(22-13-10-16-9-5-6-11-20-16)23-14-15-8-7-12-21-17(15)24(2)3;/h5-9,11-12H,4,10,13-14H2,1-3H3,(H2,19,22,23);1H. The van der Waals surface area contributed by atoms with Crippen molar-refractivity contribution in [1.82, 2.24) is 20.6 Å². The topological polar surface area (TPSA) is 65.4 Å². The quantitative estimate of drug-likeness (QED) is 0.383. The first-order valence-electron chi connectivity index (χ1n) is 8.24. The van der Waals surface area contributed by atoms with E-state index in [4.69, 9.17) is 0 Å². The Labute approximate surface area is 167 Å². The second-order valence-electron chi connectivity index (χ2n) is 5.57. The highest BCUT2D eigenvalue weighted by Gasteiger charge is 2.05. The van der Waals surface area contributed by atoms with Gasteiger partial charge < -0.3 is 15.5 Å². The van der Waals surface area contributed by atoms with Crippen LogP contribution in [0.3, 0.4) is 0 Å². The Kier molecular flexibility index (Phi) is 9.83. The van der Waals surface area contributed by atoms with Crippen molar-refractivity contribution in [3.05, 3.63) is 54.0 Å².